The largest absolute Gasteiger partial charge is 0.255 e. The van der Waals surface area contributed by atoms with Crippen LogP contribution >= 0.6 is 0 Å². The van der Waals surface area contributed by atoms with E-state index in [2.05, 4.69) is 0 Å². The lowest BCUT2D eigenvalue weighted by Gasteiger charge is -1.96. The van der Waals surface area contributed by atoms with Crippen molar-refractivity contribution in [3.8, 4) is 0 Å². The van der Waals surface area contributed by atoms with Crippen molar-refractivity contribution in [3.63, 3.8) is 0 Å². The lowest BCUT2D eigenvalue weighted by atomic mass is 10.1. The molecule has 64 valence electrons. The molecule has 0 radical (unpaired) electrons. The summed E-state index contributed by atoms with van der Waals surface area (Å²) in [7, 11) is -0.855. The van der Waals surface area contributed by atoms with Crippen molar-refractivity contribution in [2.45, 2.75) is 6.92 Å². The summed E-state index contributed by atoms with van der Waals surface area (Å²) in [5.41, 5.74) is 2.34. The molecule has 1 atom stereocenters. The Bertz CT molecular complexity index is 315. The summed E-state index contributed by atoms with van der Waals surface area (Å²) in [6, 6.07) is 8.03. The molecule has 0 aliphatic heterocycles. The van der Waals surface area contributed by atoms with Crippen LogP contribution in [0.4, 0.5) is 0 Å². The molecule has 12 heavy (non-hydrogen) atoms. The van der Waals surface area contributed by atoms with Gasteiger partial charge in [0, 0.05) is 22.5 Å². The van der Waals surface area contributed by atoms with E-state index in [1.54, 1.807) is 11.7 Å². The minimum atomic E-state index is -0.855. The molecule has 0 fully saturated rings. The summed E-state index contributed by atoms with van der Waals surface area (Å²) < 4.78 is 10.8. The van der Waals surface area contributed by atoms with Crippen molar-refractivity contribution in [1.29, 1.82) is 0 Å². The maximum Gasteiger partial charge on any atom is 0.0424 e. The van der Waals surface area contributed by atoms with Crippen LogP contribution in [0, 0.1) is 6.92 Å². The third-order valence-electron chi connectivity index (χ3n) is 1.63. The van der Waals surface area contributed by atoms with Gasteiger partial charge in [-0.05, 0) is 24.1 Å². The molecule has 0 saturated heterocycles. The third kappa shape index (κ3) is 2.62. The third-order valence-corrected chi connectivity index (χ3v) is 2.15. The summed E-state index contributed by atoms with van der Waals surface area (Å²) in [5, 5.41) is 1.70. The van der Waals surface area contributed by atoms with Gasteiger partial charge in [-0.15, -0.1) is 0 Å². The number of aryl methyl sites for hydroxylation is 1. The van der Waals surface area contributed by atoms with Gasteiger partial charge in [0.1, 0.15) is 0 Å². The second-order valence-corrected chi connectivity index (χ2v) is 3.93. The standard InChI is InChI=1S/C10H12OS/c1-9-5-3-4-6-10(9)7-8-12(2)11/h3-8H,1-2H3/b8-7+. The Balaban J connectivity index is 2.89. The van der Waals surface area contributed by atoms with Gasteiger partial charge in [-0.25, -0.2) is 0 Å². The van der Waals surface area contributed by atoms with Gasteiger partial charge in [0.25, 0.3) is 0 Å². The van der Waals surface area contributed by atoms with E-state index in [-0.39, 0.29) is 0 Å². The van der Waals surface area contributed by atoms with E-state index in [9.17, 15) is 4.21 Å². The molecule has 0 aromatic heterocycles. The predicted octanol–water partition coefficient (Wildman–Crippen LogP) is 2.34. The van der Waals surface area contributed by atoms with E-state index in [4.69, 9.17) is 0 Å². The molecule has 2 heteroatoms. The number of rotatable bonds is 2. The minimum absolute atomic E-state index is 0.855. The summed E-state index contributed by atoms with van der Waals surface area (Å²) in [4.78, 5) is 0. The van der Waals surface area contributed by atoms with Crippen molar-refractivity contribution in [2.75, 3.05) is 6.26 Å². The fourth-order valence-corrected chi connectivity index (χ4v) is 1.28. The molecular weight excluding hydrogens is 168 g/mol. The van der Waals surface area contributed by atoms with Crippen LogP contribution in [-0.2, 0) is 10.8 Å². The first kappa shape index (κ1) is 9.20. The average molecular weight is 180 g/mol. The first-order chi connectivity index (χ1) is 5.70. The van der Waals surface area contributed by atoms with Crippen LogP contribution in [0.2, 0.25) is 0 Å². The van der Waals surface area contributed by atoms with Gasteiger partial charge in [0.05, 0.1) is 0 Å². The molecule has 1 rings (SSSR count). The van der Waals surface area contributed by atoms with Crippen LogP contribution in [0.5, 0.6) is 0 Å². The molecule has 0 spiro atoms. The normalized spacial score (nSPS) is 13.5. The van der Waals surface area contributed by atoms with Gasteiger partial charge in [-0.1, -0.05) is 24.3 Å². The number of hydrogen-bond acceptors (Lipinski definition) is 1. The highest BCUT2D eigenvalue weighted by Gasteiger charge is 1.90. The Morgan fingerprint density at radius 2 is 2.00 bits per heavy atom. The molecule has 1 unspecified atom stereocenters. The summed E-state index contributed by atoms with van der Waals surface area (Å²) in [6.07, 6.45) is 3.56. The van der Waals surface area contributed by atoms with Gasteiger partial charge in [-0.2, -0.15) is 0 Å². The van der Waals surface area contributed by atoms with Crippen molar-refractivity contribution in [1.82, 2.24) is 0 Å². The zero-order valence-electron chi connectivity index (χ0n) is 7.28. The Kier molecular flexibility index (Phi) is 3.23. The Morgan fingerprint density at radius 1 is 1.33 bits per heavy atom. The second-order valence-electron chi connectivity index (χ2n) is 2.66. The molecule has 1 aromatic carbocycles. The topological polar surface area (TPSA) is 17.1 Å². The molecule has 0 N–H and O–H groups in total. The molecule has 0 aliphatic rings. The van der Waals surface area contributed by atoms with Gasteiger partial charge in [0.15, 0.2) is 0 Å². The molecule has 0 saturated carbocycles. The van der Waals surface area contributed by atoms with E-state index in [1.165, 1.54) is 5.56 Å². The second kappa shape index (κ2) is 4.21. The van der Waals surface area contributed by atoms with Gasteiger partial charge < -0.3 is 0 Å². The Morgan fingerprint density at radius 3 is 2.58 bits per heavy atom. The zero-order valence-corrected chi connectivity index (χ0v) is 8.10. The molecular formula is C10H12OS. The molecule has 1 aromatic rings. The lowest BCUT2D eigenvalue weighted by Crippen LogP contribution is -1.80. The highest BCUT2D eigenvalue weighted by Crippen LogP contribution is 2.08. The quantitative estimate of drug-likeness (QED) is 0.682. The minimum Gasteiger partial charge on any atom is -0.255 e. The molecule has 0 amide bonds. The number of hydrogen-bond donors (Lipinski definition) is 0. The van der Waals surface area contributed by atoms with Gasteiger partial charge >= 0.3 is 0 Å². The highest BCUT2D eigenvalue weighted by atomic mass is 32.2. The summed E-state index contributed by atoms with van der Waals surface area (Å²) in [5.74, 6) is 0. The zero-order chi connectivity index (χ0) is 8.97. The fourth-order valence-electron chi connectivity index (χ4n) is 0.943. The maximum atomic E-state index is 10.8. The van der Waals surface area contributed by atoms with Crippen LogP contribution in [0.15, 0.2) is 29.7 Å². The van der Waals surface area contributed by atoms with Crippen LogP contribution in [0.25, 0.3) is 6.08 Å². The summed E-state index contributed by atoms with van der Waals surface area (Å²) >= 11 is 0. The molecule has 0 heterocycles. The fraction of sp³-hybridized carbons (Fsp3) is 0.200. The Hall–Kier alpha value is -0.890. The van der Waals surface area contributed by atoms with Crippen molar-refractivity contribution in [3.05, 3.63) is 40.8 Å². The van der Waals surface area contributed by atoms with Gasteiger partial charge in [-0.3, -0.25) is 4.21 Å². The summed E-state index contributed by atoms with van der Waals surface area (Å²) in [6.45, 7) is 2.04. The smallest absolute Gasteiger partial charge is 0.0424 e. The van der Waals surface area contributed by atoms with E-state index >= 15 is 0 Å². The molecule has 0 bridgehead atoms. The van der Waals surface area contributed by atoms with Crippen LogP contribution < -0.4 is 0 Å². The first-order valence-electron chi connectivity index (χ1n) is 3.76. The monoisotopic (exact) mass is 180 g/mol. The lowest BCUT2D eigenvalue weighted by molar-refractivity contribution is 0.692. The van der Waals surface area contributed by atoms with Crippen LogP contribution in [0.1, 0.15) is 11.1 Å². The van der Waals surface area contributed by atoms with Crippen LogP contribution in [0.3, 0.4) is 0 Å². The van der Waals surface area contributed by atoms with Crippen LogP contribution in [-0.4, -0.2) is 10.5 Å². The van der Waals surface area contributed by atoms with Crippen molar-refractivity contribution >= 4 is 16.9 Å². The van der Waals surface area contributed by atoms with E-state index in [1.807, 2.05) is 37.3 Å². The van der Waals surface area contributed by atoms with E-state index in [0.717, 1.165) is 5.56 Å². The Labute approximate surface area is 75.6 Å². The van der Waals surface area contributed by atoms with Crippen molar-refractivity contribution in [2.24, 2.45) is 0 Å². The van der Waals surface area contributed by atoms with Crippen molar-refractivity contribution < 1.29 is 4.21 Å². The maximum absolute atomic E-state index is 10.8. The number of benzene rings is 1. The SMILES string of the molecule is Cc1ccccc1/C=C/S(C)=O. The molecule has 0 aliphatic carbocycles. The average Bonchev–Trinajstić information content (AvgIpc) is 2.03. The predicted molar refractivity (Wildman–Crippen MR) is 54.3 cm³/mol. The van der Waals surface area contributed by atoms with E-state index < -0.39 is 10.8 Å². The van der Waals surface area contributed by atoms with E-state index in [0.29, 0.717) is 0 Å². The molecule has 1 nitrogen and oxygen atoms in total. The van der Waals surface area contributed by atoms with Gasteiger partial charge in [0.2, 0.25) is 0 Å². The highest BCUT2D eigenvalue weighted by molar-refractivity contribution is 7.87. The first-order valence-corrected chi connectivity index (χ1v) is 5.38.